The van der Waals surface area contributed by atoms with Crippen LogP contribution in [0.4, 0.5) is 15.8 Å². The monoisotopic (exact) mass is 2130 g/mol. The molecular formula is C100H158FN23O21S3. The number of thioether (sulfide) groups is 2. The molecule has 824 valence electrons. The molecule has 48 heteroatoms. The number of carbonyl (C=O) groups is 9. The van der Waals surface area contributed by atoms with Gasteiger partial charge in [-0.15, -0.1) is 23.5 Å². The minimum Gasteiger partial charge on any atom is -0.508 e. The Bertz CT molecular complexity index is 5540. The summed E-state index contributed by atoms with van der Waals surface area (Å²) >= 11 is 3.11. The van der Waals surface area contributed by atoms with E-state index in [2.05, 4.69) is 88.4 Å². The predicted octanol–water partition coefficient (Wildman–Crippen LogP) is 7.05. The summed E-state index contributed by atoms with van der Waals surface area (Å²) in [6.45, 7) is 30.9. The van der Waals surface area contributed by atoms with Crippen molar-refractivity contribution >= 4 is 151 Å². The lowest BCUT2D eigenvalue weighted by atomic mass is 9.57. The average molecular weight is 2130 g/mol. The van der Waals surface area contributed by atoms with Crippen molar-refractivity contribution in [1.82, 2.24) is 44.7 Å². The number of benzene rings is 2. The Hall–Kier alpha value is -11.6. The lowest BCUT2D eigenvalue weighted by Crippen LogP contribution is -2.65. The maximum absolute atomic E-state index is 14.6. The summed E-state index contributed by atoms with van der Waals surface area (Å²) in [6.07, 6.45) is 28.9. The quantitative estimate of drug-likeness (QED) is 0.00284. The number of nitrogens with zero attached hydrogens (tertiary/aromatic N) is 14. The van der Waals surface area contributed by atoms with Crippen LogP contribution in [0.3, 0.4) is 0 Å². The summed E-state index contributed by atoms with van der Waals surface area (Å²) in [6, 6.07) is 2.38. The van der Waals surface area contributed by atoms with Crippen LogP contribution in [-0.4, -0.2) is 343 Å². The number of aromatic nitrogens is 1. The Labute approximate surface area is 874 Å². The Morgan fingerprint density at radius 2 is 1.15 bits per heavy atom. The number of likely N-dealkylation sites (N-methyl/N-ethyl adjacent to an activating group) is 2. The lowest BCUT2D eigenvalue weighted by molar-refractivity contribution is -0.180. The van der Waals surface area contributed by atoms with E-state index in [0.29, 0.717) is 84.9 Å². The van der Waals surface area contributed by atoms with Crippen molar-refractivity contribution in [3.8, 4) is 5.75 Å². The van der Waals surface area contributed by atoms with Gasteiger partial charge in [-0.25, -0.2) is 18.8 Å². The zero-order valence-electron chi connectivity index (χ0n) is 88.3. The van der Waals surface area contributed by atoms with Gasteiger partial charge in [0.25, 0.3) is 27.8 Å². The van der Waals surface area contributed by atoms with Crippen LogP contribution in [0.1, 0.15) is 232 Å². The molecule has 3 amide bonds. The van der Waals surface area contributed by atoms with E-state index in [-0.39, 0.29) is 57.6 Å². The first kappa shape index (κ1) is 122. The number of piperazine rings is 1. The van der Waals surface area contributed by atoms with Crippen LogP contribution < -0.4 is 60.8 Å². The molecule has 0 bridgehead atoms. The molecule has 8 fully saturated rings. The van der Waals surface area contributed by atoms with Gasteiger partial charge in [-0.05, 0) is 175 Å². The summed E-state index contributed by atoms with van der Waals surface area (Å²) in [7, 11) is 3.05. The number of nitrogens with one attached hydrogen (secondary N) is 3. The number of hydrogen-bond acceptors (Lipinski definition) is 31. The van der Waals surface area contributed by atoms with Crippen molar-refractivity contribution in [1.29, 1.82) is 0 Å². The molecule has 7 aliphatic heterocycles. The van der Waals surface area contributed by atoms with Crippen molar-refractivity contribution in [2.24, 2.45) is 87.7 Å². The van der Waals surface area contributed by atoms with Gasteiger partial charge in [0.05, 0.1) is 58.2 Å². The van der Waals surface area contributed by atoms with Crippen LogP contribution in [-0.2, 0) is 64.4 Å². The standard InChI is InChI=1S/C26H56N10.C21H23N3O7.C21H33N3O5S.C16H19FN4O3.C15H23N3O3S.CH4O3S/c1-5-9-15-21(7-3)19-33-25(29)35-23(27)31-17-13-11-12-14-18-32-24(28)36-26(30)34-20-22(8-4)16-10-6-2;1-24(2)14-9-6-8-5-7-3-4-10(22)15(25)11(7)16(26)12(8)18(28)21(9,31)19(29)13(17(14)27)20(23)30;1-20(2,3)19(27)29-13-28-18(26)15-21(4,5)30-17-14(16(25)24(15)17)22-12-23-10-8-6-7-9-11-23;1-18-21-9-11(16(23)24)15(22)10-7-12(17)14(8-13(10)21)20-5-3-19(2)4-6-20;1-15(2)11(14(20)21)18-12(19)10(13(18)22-15)16-9-17-7-5-3-4-6-8-17;1-5(2,3)4/h21-22H,5-20H2,1-4H3,(H5,27,29,31,33,35)(H5,28,30,32,34,36);3-4,8-9,14,25-26,29,31H,5-6,22H2,1-2H3,(H2,23,30);12,14-15,17H,6-11,13H2,1-5H3;7-9,18H,3-6H2,1-2H3,(H,23,24);9-11,13H,3-8H2,1-2H3,(H,20,21);1H3,(H,2,3,4)/t;8-,9-,14-,21-;14-,15?,17-;;10-,11+,13-;/m.01.1./s1. The number of nitrogen functional groups attached to an aromatic ring is 1. The highest BCUT2D eigenvalue weighted by Crippen LogP contribution is 2.56. The number of primary amides is 1. The van der Waals surface area contributed by atoms with E-state index < -0.39 is 160 Å². The Morgan fingerprint density at radius 3 is 1.59 bits per heavy atom. The first-order valence-corrected chi connectivity index (χ1v) is 54.5. The van der Waals surface area contributed by atoms with Gasteiger partial charge in [0, 0.05) is 113 Å². The molecule has 12 atom stereocenters. The van der Waals surface area contributed by atoms with E-state index in [0.717, 1.165) is 110 Å². The minimum atomic E-state index is -3.67. The third kappa shape index (κ3) is 31.8. The van der Waals surface area contributed by atoms with Crippen LogP contribution in [0.15, 0.2) is 82.1 Å². The number of halogens is 1. The number of anilines is 2. The molecule has 3 aliphatic carbocycles. The topological polar surface area (TPSA) is 659 Å². The van der Waals surface area contributed by atoms with Gasteiger partial charge in [0.1, 0.15) is 57.1 Å². The molecule has 0 radical (unpaired) electrons. The van der Waals surface area contributed by atoms with Crippen molar-refractivity contribution < 1.29 is 101 Å². The fourth-order valence-corrected chi connectivity index (χ4v) is 22.5. The molecule has 13 rings (SSSR count). The number of aliphatic imine (C=N–C) groups is 6. The Kier molecular flexibility index (Phi) is 45.0. The zero-order chi connectivity index (χ0) is 110. The van der Waals surface area contributed by atoms with Gasteiger partial charge in [-0.3, -0.25) is 88.3 Å². The number of nitrogens with two attached hydrogens (primary N) is 6. The van der Waals surface area contributed by atoms with Crippen molar-refractivity contribution in [2.75, 3.05) is 136 Å². The number of esters is 2. The molecular weight excluding hydrogens is 1970 g/mol. The van der Waals surface area contributed by atoms with Gasteiger partial charge < -0.3 is 109 Å². The van der Waals surface area contributed by atoms with Gasteiger partial charge in [0.2, 0.25) is 18.0 Å². The summed E-state index contributed by atoms with van der Waals surface area (Å²) < 4.78 is 51.1. The fourth-order valence-electron chi connectivity index (χ4n) is 19.3. The molecule has 148 heavy (non-hydrogen) atoms. The van der Waals surface area contributed by atoms with E-state index in [1.807, 2.05) is 52.3 Å². The summed E-state index contributed by atoms with van der Waals surface area (Å²) in [5.74, 6) is -8.50. The van der Waals surface area contributed by atoms with Gasteiger partial charge in [-0.1, -0.05) is 111 Å². The number of aliphatic hydroxyl groups excluding tert-OH is 2. The summed E-state index contributed by atoms with van der Waals surface area (Å²) in [5.41, 5.74) is 33.5. The number of aliphatic hydroxyl groups is 3. The Morgan fingerprint density at radius 1 is 0.676 bits per heavy atom. The van der Waals surface area contributed by atoms with Crippen LogP contribution in [0.2, 0.25) is 0 Å². The third-order valence-electron chi connectivity index (χ3n) is 27.6. The van der Waals surface area contributed by atoms with E-state index >= 15 is 0 Å². The highest BCUT2D eigenvalue weighted by atomic mass is 32.2. The van der Waals surface area contributed by atoms with Crippen LogP contribution >= 0.6 is 23.5 Å². The molecule has 3 unspecified atom stereocenters. The number of rotatable bonds is 32. The van der Waals surface area contributed by atoms with Crippen LogP contribution in [0.5, 0.6) is 5.75 Å². The van der Waals surface area contributed by atoms with Crippen LogP contribution in [0.25, 0.3) is 16.7 Å². The number of β-lactam (4-membered cyclic amide) rings is 2. The number of aromatic carboxylic acids is 1. The number of carbonyl (C=O) groups excluding carboxylic acids is 7. The zero-order valence-corrected chi connectivity index (χ0v) is 90.8. The van der Waals surface area contributed by atoms with Crippen molar-refractivity contribution in [3.63, 3.8) is 0 Å². The first-order valence-electron chi connectivity index (χ1n) is 50.9. The van der Waals surface area contributed by atoms with E-state index in [9.17, 15) is 86.3 Å². The summed E-state index contributed by atoms with van der Waals surface area (Å²) in [5, 5.41) is 67.4. The molecule has 1 saturated carbocycles. The summed E-state index contributed by atoms with van der Waals surface area (Å²) in [4.78, 5) is 162. The van der Waals surface area contributed by atoms with Gasteiger partial charge >= 0.3 is 23.9 Å². The number of carboxylic acids is 2. The number of amides is 3. The average Bonchev–Trinajstić information content (AvgIpc) is 1.12. The third-order valence-corrected chi connectivity index (χ3v) is 30.7. The smallest absolute Gasteiger partial charge is 0.341 e. The van der Waals surface area contributed by atoms with E-state index in [1.165, 1.54) is 104 Å². The molecule has 1 aromatic heterocycles. The molecule has 0 spiro atoms. The van der Waals surface area contributed by atoms with Gasteiger partial charge in [-0.2, -0.15) is 8.42 Å². The number of ether oxygens (including phenoxy) is 2. The number of unbranched alkanes of at least 4 members (excludes halogenated alkanes) is 5. The fraction of sp³-hybridized carbons (Fsp3) is 0.660. The van der Waals surface area contributed by atoms with E-state index in [1.54, 1.807) is 82.5 Å². The Balaban J connectivity index is 0.000000224. The number of phenolic OH excluding ortho intramolecular Hbond substituents is 1. The molecule has 3 aromatic rings. The predicted molar refractivity (Wildman–Crippen MR) is 575 cm³/mol. The highest BCUT2D eigenvalue weighted by Gasteiger charge is 2.67. The second-order valence-corrected chi connectivity index (χ2v) is 46.0. The molecule has 44 nitrogen and oxygen atoms in total. The second kappa shape index (κ2) is 54.7. The van der Waals surface area contributed by atoms with Crippen molar-refractivity contribution in [3.05, 3.63) is 80.1 Å². The number of hydrogen-bond donors (Lipinski definition) is 16. The number of ketones is 2. The second-order valence-electron chi connectivity index (χ2n) is 41.0. The van der Waals surface area contributed by atoms with Gasteiger partial charge in [0.15, 0.2) is 47.3 Å². The SMILES string of the molecule is CC(C)(C)C(=O)OCOC(=O)C1N2C(=O)[C@@H](N=CN3CCCCCC3)[C@H]2SC1(C)C.CC1(C)S[C@@H]2[C@H](N=CN3CCCCCC3)C(=O)N2[C@H]1C(=O)O.CCCCC(CC)CN=C(N)NC(N)=NCCCCCCN=C(N)NC(N)=NCC(CC)CCCC.CN(C)[C@@H]1C(=O)C(C(N)=O)=C(O)[C@@]2(O)C(=O)C3=C(O)c4c(ccc(N)c4O)C[C@H]3C[C@@H]12.CNn1cc(C(=O)O)c(=O)c2cc(F)c(N3CCN(C)CC3)cc21.CS(=O)(=O)O. The number of guanidine groups is 4. The highest BCUT2D eigenvalue weighted by molar-refractivity contribution is 8.02. The molecule has 7 saturated heterocycles. The molecule has 2 aromatic carbocycles. The number of phenols is 1. The number of aliphatic carboxylic acids is 1. The largest absolute Gasteiger partial charge is 0.508 e. The first-order chi connectivity index (χ1) is 69.6. The maximum atomic E-state index is 14.6. The number of carboxylic acid groups (broad SMARTS) is 2. The molecule has 22 N–H and O–H groups in total. The number of pyridine rings is 1. The normalized spacial score (nSPS) is 23.9. The minimum absolute atomic E-state index is 0.00103. The van der Waals surface area contributed by atoms with Crippen LogP contribution in [0, 0.1) is 34.9 Å². The number of likely N-dealkylation sites (tertiary alicyclic amines) is 2. The number of Topliss-reactive ketones (excluding diaryl/α,β-unsaturated/α-hetero) is 2. The maximum Gasteiger partial charge on any atom is 0.341 e. The van der Waals surface area contributed by atoms with Crippen molar-refractivity contribution in [2.45, 2.75) is 273 Å². The van der Waals surface area contributed by atoms with E-state index in [4.69, 9.17) is 53.5 Å². The lowest BCUT2D eigenvalue weighted by Gasteiger charge is -2.50. The molecule has 8 heterocycles. The number of aromatic hydroxyl groups is 1. The number of fused-ring (bicyclic) bond motifs is 6. The molecule has 10 aliphatic rings.